The molecule has 0 heterocycles. The Morgan fingerprint density at radius 2 is 1.58 bits per heavy atom. The Morgan fingerprint density at radius 3 is 1.95 bits per heavy atom. The lowest BCUT2D eigenvalue weighted by Crippen LogP contribution is -2.42. The second kappa shape index (κ2) is 4.78. The molecule has 0 aromatic heterocycles. The van der Waals surface area contributed by atoms with Gasteiger partial charge in [-0.05, 0) is 24.6 Å². The summed E-state index contributed by atoms with van der Waals surface area (Å²) in [6.07, 6.45) is -7.50. The summed E-state index contributed by atoms with van der Waals surface area (Å²) < 4.78 is 62.1. The molecule has 0 radical (unpaired) electrons. The Morgan fingerprint density at radius 1 is 1.11 bits per heavy atom. The number of nitriles is 1. The molecule has 0 spiro atoms. The number of hydrogen-bond acceptors (Lipinski definition) is 2. The van der Waals surface area contributed by atoms with Gasteiger partial charge in [0.2, 0.25) is 0 Å². The maximum absolute atomic E-state index is 12.9. The Labute approximate surface area is 106 Å². The van der Waals surface area contributed by atoms with Crippen molar-refractivity contribution in [1.82, 2.24) is 0 Å². The predicted octanol–water partition coefficient (Wildman–Crippen LogP) is 3.35. The van der Waals surface area contributed by atoms with Gasteiger partial charge in [-0.25, -0.2) is 0 Å². The smallest absolute Gasteiger partial charge is 0.385 e. The van der Waals surface area contributed by atoms with Crippen LogP contribution in [0.5, 0.6) is 0 Å². The second-order valence-electron chi connectivity index (χ2n) is 4.34. The van der Waals surface area contributed by atoms with Gasteiger partial charge >= 0.3 is 12.1 Å². The molecule has 104 valence electrons. The van der Waals surface area contributed by atoms with Crippen molar-refractivity contribution in [2.45, 2.75) is 31.0 Å². The van der Waals surface area contributed by atoms with Gasteiger partial charge in [0.05, 0.1) is 23.7 Å². The van der Waals surface area contributed by atoms with Crippen LogP contribution in [-0.2, 0) is 5.60 Å². The topological polar surface area (TPSA) is 44.0 Å². The van der Waals surface area contributed by atoms with Crippen LogP contribution in [0.3, 0.4) is 0 Å². The molecule has 1 N–H and O–H groups in total. The van der Waals surface area contributed by atoms with Crippen LogP contribution in [0.2, 0.25) is 0 Å². The lowest BCUT2D eigenvalue weighted by molar-refractivity contribution is -0.296. The molecule has 1 aromatic carbocycles. The third-order valence-electron chi connectivity index (χ3n) is 2.62. The third-order valence-corrected chi connectivity index (χ3v) is 2.62. The van der Waals surface area contributed by atoms with E-state index in [1.54, 1.807) is 6.07 Å². The minimum absolute atomic E-state index is 0.115. The number of benzene rings is 1. The fourth-order valence-corrected chi connectivity index (χ4v) is 1.54. The number of aliphatic hydroxyl groups is 1. The zero-order valence-corrected chi connectivity index (χ0v) is 9.80. The summed E-state index contributed by atoms with van der Waals surface area (Å²) in [4.78, 5) is 0. The highest BCUT2D eigenvalue weighted by Gasteiger charge is 2.59. The Balaban J connectivity index is 3.01. The molecule has 0 saturated carbocycles. The minimum atomic E-state index is -5.72. The van der Waals surface area contributed by atoms with Crippen LogP contribution in [0, 0.1) is 11.3 Å². The van der Waals surface area contributed by atoms with Crippen LogP contribution in [0.4, 0.5) is 22.0 Å². The Kier molecular flexibility index (Phi) is 3.87. The summed E-state index contributed by atoms with van der Waals surface area (Å²) >= 11 is 0. The van der Waals surface area contributed by atoms with E-state index in [2.05, 4.69) is 0 Å². The highest BCUT2D eigenvalue weighted by Crippen LogP contribution is 2.43. The van der Waals surface area contributed by atoms with Gasteiger partial charge in [-0.2, -0.15) is 27.2 Å². The lowest BCUT2D eigenvalue weighted by atomic mass is 9.89. The molecule has 2 nitrogen and oxygen atoms in total. The number of hydrogen-bond donors (Lipinski definition) is 1. The van der Waals surface area contributed by atoms with Gasteiger partial charge in [0, 0.05) is 0 Å². The molecular weight excluding hydrogens is 269 g/mol. The zero-order chi connectivity index (χ0) is 14.9. The minimum Gasteiger partial charge on any atom is -0.385 e. The van der Waals surface area contributed by atoms with Gasteiger partial charge in [0.15, 0.2) is 0 Å². The van der Waals surface area contributed by atoms with E-state index in [0.29, 0.717) is 0 Å². The normalized spacial score (nSPS) is 15.7. The predicted molar refractivity (Wildman–Crippen MR) is 56.3 cm³/mol. The van der Waals surface area contributed by atoms with Crippen LogP contribution >= 0.6 is 0 Å². The molecule has 1 unspecified atom stereocenters. The first kappa shape index (κ1) is 15.4. The summed E-state index contributed by atoms with van der Waals surface area (Å²) in [5, 5.41) is 18.3. The summed E-state index contributed by atoms with van der Waals surface area (Å²) in [5.74, 6) is -5.00. The standard InChI is InChI=1S/C12H10F5NO/c1-10(19,7-11(13,14)12(15,16)17)9-4-2-8(6-18)3-5-9/h2-5,19H,7H2,1H3. The van der Waals surface area contributed by atoms with E-state index in [-0.39, 0.29) is 11.1 Å². The van der Waals surface area contributed by atoms with Crippen LogP contribution in [-0.4, -0.2) is 17.2 Å². The van der Waals surface area contributed by atoms with E-state index in [1.165, 1.54) is 12.1 Å². The van der Waals surface area contributed by atoms with Gasteiger partial charge in [0.25, 0.3) is 0 Å². The van der Waals surface area contributed by atoms with Crippen molar-refractivity contribution >= 4 is 0 Å². The first-order valence-electron chi connectivity index (χ1n) is 5.17. The highest BCUT2D eigenvalue weighted by atomic mass is 19.4. The van der Waals surface area contributed by atoms with E-state index in [0.717, 1.165) is 19.1 Å². The van der Waals surface area contributed by atoms with E-state index in [9.17, 15) is 27.1 Å². The van der Waals surface area contributed by atoms with Crippen LogP contribution < -0.4 is 0 Å². The molecule has 0 bridgehead atoms. The fraction of sp³-hybridized carbons (Fsp3) is 0.417. The maximum atomic E-state index is 12.9. The Bertz CT molecular complexity index is 484. The van der Waals surface area contributed by atoms with E-state index in [1.807, 2.05) is 0 Å². The molecule has 0 aliphatic heterocycles. The van der Waals surface area contributed by atoms with E-state index < -0.39 is 24.1 Å². The number of alkyl halides is 5. The summed E-state index contributed by atoms with van der Waals surface area (Å²) in [6, 6.07) is 6.52. The van der Waals surface area contributed by atoms with Crippen molar-refractivity contribution in [1.29, 1.82) is 5.26 Å². The molecule has 1 atom stereocenters. The Hall–Kier alpha value is -1.68. The number of rotatable bonds is 3. The van der Waals surface area contributed by atoms with Gasteiger partial charge in [0.1, 0.15) is 0 Å². The second-order valence-corrected chi connectivity index (χ2v) is 4.34. The monoisotopic (exact) mass is 279 g/mol. The van der Waals surface area contributed by atoms with Crippen LogP contribution in [0.25, 0.3) is 0 Å². The summed E-state index contributed by atoms with van der Waals surface area (Å²) in [5.41, 5.74) is -2.26. The van der Waals surface area contributed by atoms with E-state index in [4.69, 9.17) is 5.26 Å². The summed E-state index contributed by atoms with van der Waals surface area (Å²) in [7, 11) is 0. The molecule has 0 fully saturated rings. The molecule has 7 heteroatoms. The first-order chi connectivity index (χ1) is 8.49. The third kappa shape index (κ3) is 3.41. The molecular formula is C12H10F5NO. The summed E-state index contributed by atoms with van der Waals surface area (Å²) in [6.45, 7) is 0.869. The molecule has 0 saturated heterocycles. The van der Waals surface area contributed by atoms with Gasteiger partial charge in [-0.15, -0.1) is 0 Å². The van der Waals surface area contributed by atoms with Crippen molar-refractivity contribution in [2.75, 3.05) is 0 Å². The van der Waals surface area contributed by atoms with Crippen molar-refractivity contribution in [3.05, 3.63) is 35.4 Å². The van der Waals surface area contributed by atoms with Crippen molar-refractivity contribution < 1.29 is 27.1 Å². The molecule has 19 heavy (non-hydrogen) atoms. The quantitative estimate of drug-likeness (QED) is 0.862. The van der Waals surface area contributed by atoms with Crippen molar-refractivity contribution in [2.24, 2.45) is 0 Å². The number of nitrogens with zero attached hydrogens (tertiary/aromatic N) is 1. The number of halogens is 5. The van der Waals surface area contributed by atoms with Crippen molar-refractivity contribution in [3.63, 3.8) is 0 Å². The molecule has 1 aromatic rings. The largest absolute Gasteiger partial charge is 0.453 e. The van der Waals surface area contributed by atoms with E-state index >= 15 is 0 Å². The fourth-order valence-electron chi connectivity index (χ4n) is 1.54. The molecule has 0 amide bonds. The van der Waals surface area contributed by atoms with Gasteiger partial charge in [-0.3, -0.25) is 0 Å². The molecule has 1 rings (SSSR count). The molecule has 0 aliphatic rings. The molecule has 0 aliphatic carbocycles. The highest BCUT2D eigenvalue weighted by molar-refractivity contribution is 5.33. The van der Waals surface area contributed by atoms with Gasteiger partial charge in [-0.1, -0.05) is 12.1 Å². The van der Waals surface area contributed by atoms with Crippen LogP contribution in [0.15, 0.2) is 24.3 Å². The van der Waals surface area contributed by atoms with Crippen LogP contribution in [0.1, 0.15) is 24.5 Å². The lowest BCUT2D eigenvalue weighted by Gasteiger charge is -2.29. The van der Waals surface area contributed by atoms with Crippen molar-refractivity contribution in [3.8, 4) is 6.07 Å². The SMILES string of the molecule is CC(O)(CC(F)(F)C(F)(F)F)c1ccc(C#N)cc1. The maximum Gasteiger partial charge on any atom is 0.453 e. The average Bonchev–Trinajstić information content (AvgIpc) is 2.26. The van der Waals surface area contributed by atoms with Gasteiger partial charge < -0.3 is 5.11 Å². The first-order valence-corrected chi connectivity index (χ1v) is 5.17. The zero-order valence-electron chi connectivity index (χ0n) is 9.80. The average molecular weight is 279 g/mol.